The number of hydrogen-bond acceptors (Lipinski definition) is 3. The number of amides is 1. The molecule has 110 valence electrons. The summed E-state index contributed by atoms with van der Waals surface area (Å²) in [5.41, 5.74) is 1.45. The molecule has 0 saturated heterocycles. The fourth-order valence-electron chi connectivity index (χ4n) is 2.05. The SMILES string of the molecule is CNc1ncc(F)cc1C(=O)NCCCc1ccccc1. The lowest BCUT2D eigenvalue weighted by molar-refractivity contribution is 0.0953. The number of aryl methyl sites for hydroxylation is 1. The molecule has 0 aliphatic rings. The zero-order valence-electron chi connectivity index (χ0n) is 11.9. The van der Waals surface area contributed by atoms with Crippen LogP contribution in [0, 0.1) is 5.82 Å². The van der Waals surface area contributed by atoms with Crippen LogP contribution in [-0.4, -0.2) is 24.5 Å². The van der Waals surface area contributed by atoms with Crippen molar-refractivity contribution >= 4 is 11.7 Å². The van der Waals surface area contributed by atoms with Gasteiger partial charge in [0.05, 0.1) is 11.8 Å². The number of nitrogens with one attached hydrogen (secondary N) is 2. The van der Waals surface area contributed by atoms with Gasteiger partial charge in [0, 0.05) is 13.6 Å². The van der Waals surface area contributed by atoms with E-state index < -0.39 is 5.82 Å². The Balaban J connectivity index is 1.86. The van der Waals surface area contributed by atoms with Gasteiger partial charge in [0.25, 0.3) is 5.91 Å². The highest BCUT2D eigenvalue weighted by atomic mass is 19.1. The highest BCUT2D eigenvalue weighted by molar-refractivity contribution is 5.98. The van der Waals surface area contributed by atoms with Gasteiger partial charge >= 0.3 is 0 Å². The summed E-state index contributed by atoms with van der Waals surface area (Å²) in [7, 11) is 1.65. The minimum absolute atomic E-state index is 0.220. The maximum absolute atomic E-state index is 13.2. The number of rotatable bonds is 6. The lowest BCUT2D eigenvalue weighted by Crippen LogP contribution is -2.26. The van der Waals surface area contributed by atoms with Crippen LogP contribution in [0.15, 0.2) is 42.6 Å². The van der Waals surface area contributed by atoms with E-state index >= 15 is 0 Å². The second-order valence-corrected chi connectivity index (χ2v) is 4.64. The molecule has 0 spiro atoms. The molecular formula is C16H18FN3O. The van der Waals surface area contributed by atoms with Gasteiger partial charge in [-0.15, -0.1) is 0 Å². The Morgan fingerprint density at radius 2 is 2.05 bits per heavy atom. The number of carbonyl (C=O) groups is 1. The summed E-state index contributed by atoms with van der Waals surface area (Å²) in [5.74, 6) is -0.472. The molecule has 2 N–H and O–H groups in total. The van der Waals surface area contributed by atoms with E-state index in [9.17, 15) is 9.18 Å². The summed E-state index contributed by atoms with van der Waals surface area (Å²) in [4.78, 5) is 15.9. The van der Waals surface area contributed by atoms with Gasteiger partial charge in [0.1, 0.15) is 11.6 Å². The topological polar surface area (TPSA) is 54.0 Å². The van der Waals surface area contributed by atoms with Gasteiger partial charge in [0.2, 0.25) is 0 Å². The molecular weight excluding hydrogens is 269 g/mol. The molecule has 2 aromatic rings. The number of pyridine rings is 1. The predicted octanol–water partition coefficient (Wildman–Crippen LogP) is 2.63. The first kappa shape index (κ1) is 15.0. The molecule has 0 aliphatic heterocycles. The van der Waals surface area contributed by atoms with E-state index in [4.69, 9.17) is 0 Å². The van der Waals surface area contributed by atoms with E-state index in [0.29, 0.717) is 12.4 Å². The van der Waals surface area contributed by atoms with Gasteiger partial charge < -0.3 is 10.6 Å². The third-order valence-corrected chi connectivity index (χ3v) is 3.11. The molecule has 1 aromatic carbocycles. The van der Waals surface area contributed by atoms with Crippen LogP contribution >= 0.6 is 0 Å². The Labute approximate surface area is 123 Å². The molecule has 1 aromatic heterocycles. The summed E-state index contributed by atoms with van der Waals surface area (Å²) >= 11 is 0. The van der Waals surface area contributed by atoms with Crippen LogP contribution in [0.5, 0.6) is 0 Å². The molecule has 2 rings (SSSR count). The minimum Gasteiger partial charge on any atom is -0.372 e. The second kappa shape index (κ2) is 7.38. The van der Waals surface area contributed by atoms with Crippen molar-refractivity contribution in [2.75, 3.05) is 18.9 Å². The van der Waals surface area contributed by atoms with Gasteiger partial charge in [-0.3, -0.25) is 4.79 Å². The van der Waals surface area contributed by atoms with E-state index in [1.807, 2.05) is 18.2 Å². The fraction of sp³-hybridized carbons (Fsp3) is 0.250. The first-order valence-electron chi connectivity index (χ1n) is 6.86. The average molecular weight is 287 g/mol. The van der Waals surface area contributed by atoms with Gasteiger partial charge in [-0.05, 0) is 24.5 Å². The zero-order valence-corrected chi connectivity index (χ0v) is 11.9. The zero-order chi connectivity index (χ0) is 15.1. The normalized spacial score (nSPS) is 10.2. The minimum atomic E-state index is -0.525. The summed E-state index contributed by atoms with van der Waals surface area (Å²) in [6.07, 6.45) is 2.80. The van der Waals surface area contributed by atoms with Gasteiger partial charge in [-0.1, -0.05) is 30.3 Å². The van der Waals surface area contributed by atoms with E-state index in [2.05, 4.69) is 27.8 Å². The van der Waals surface area contributed by atoms with E-state index in [1.165, 1.54) is 11.6 Å². The summed E-state index contributed by atoms with van der Waals surface area (Å²) in [5, 5.41) is 5.57. The molecule has 0 saturated carbocycles. The highest BCUT2D eigenvalue weighted by Crippen LogP contribution is 2.12. The van der Waals surface area contributed by atoms with Crippen LogP contribution in [0.25, 0.3) is 0 Å². The molecule has 1 amide bonds. The van der Waals surface area contributed by atoms with Crippen LogP contribution in [0.2, 0.25) is 0 Å². The Morgan fingerprint density at radius 3 is 2.76 bits per heavy atom. The molecule has 0 bridgehead atoms. The first-order chi connectivity index (χ1) is 10.2. The largest absolute Gasteiger partial charge is 0.372 e. The lowest BCUT2D eigenvalue weighted by atomic mass is 10.1. The molecule has 0 atom stereocenters. The van der Waals surface area contributed by atoms with Gasteiger partial charge in [0.15, 0.2) is 0 Å². The maximum atomic E-state index is 13.2. The summed E-state index contributed by atoms with van der Waals surface area (Å²) in [6.45, 7) is 0.535. The molecule has 0 unspecified atom stereocenters. The Morgan fingerprint density at radius 1 is 1.29 bits per heavy atom. The highest BCUT2D eigenvalue weighted by Gasteiger charge is 2.12. The third kappa shape index (κ3) is 4.27. The number of halogens is 1. The number of anilines is 1. The molecule has 21 heavy (non-hydrogen) atoms. The van der Waals surface area contributed by atoms with Crippen LogP contribution < -0.4 is 10.6 Å². The number of benzene rings is 1. The van der Waals surface area contributed by atoms with Crippen molar-refractivity contribution in [2.45, 2.75) is 12.8 Å². The smallest absolute Gasteiger partial charge is 0.255 e. The van der Waals surface area contributed by atoms with Crippen molar-refractivity contribution in [3.05, 3.63) is 59.5 Å². The Bertz CT molecular complexity index is 602. The van der Waals surface area contributed by atoms with Crippen molar-refractivity contribution in [3.63, 3.8) is 0 Å². The van der Waals surface area contributed by atoms with E-state index in [0.717, 1.165) is 19.0 Å². The Kier molecular flexibility index (Phi) is 5.26. The molecule has 1 heterocycles. The molecule has 0 aliphatic carbocycles. The van der Waals surface area contributed by atoms with Crippen molar-refractivity contribution in [1.82, 2.24) is 10.3 Å². The lowest BCUT2D eigenvalue weighted by Gasteiger charge is -2.09. The van der Waals surface area contributed by atoms with Gasteiger partial charge in [-0.2, -0.15) is 0 Å². The first-order valence-corrected chi connectivity index (χ1v) is 6.86. The molecule has 5 heteroatoms. The molecule has 4 nitrogen and oxygen atoms in total. The van der Waals surface area contributed by atoms with Gasteiger partial charge in [-0.25, -0.2) is 9.37 Å². The van der Waals surface area contributed by atoms with Crippen LogP contribution in [0.1, 0.15) is 22.3 Å². The predicted molar refractivity (Wildman–Crippen MR) is 80.8 cm³/mol. The fourth-order valence-corrected chi connectivity index (χ4v) is 2.05. The number of nitrogens with zero attached hydrogens (tertiary/aromatic N) is 1. The second-order valence-electron chi connectivity index (χ2n) is 4.64. The van der Waals surface area contributed by atoms with Crippen LogP contribution in [0.3, 0.4) is 0 Å². The number of aromatic nitrogens is 1. The number of hydrogen-bond donors (Lipinski definition) is 2. The molecule has 0 radical (unpaired) electrons. The van der Waals surface area contributed by atoms with Crippen LogP contribution in [-0.2, 0) is 6.42 Å². The number of carbonyl (C=O) groups excluding carboxylic acids is 1. The van der Waals surface area contributed by atoms with Crippen molar-refractivity contribution < 1.29 is 9.18 Å². The third-order valence-electron chi connectivity index (χ3n) is 3.11. The van der Waals surface area contributed by atoms with Crippen molar-refractivity contribution in [3.8, 4) is 0 Å². The Hall–Kier alpha value is -2.43. The van der Waals surface area contributed by atoms with E-state index in [1.54, 1.807) is 7.05 Å². The van der Waals surface area contributed by atoms with E-state index in [-0.39, 0.29) is 11.5 Å². The quantitative estimate of drug-likeness (QED) is 0.803. The standard InChI is InChI=1S/C16H18FN3O/c1-18-15-14(10-13(17)11-20-15)16(21)19-9-5-8-12-6-3-2-4-7-12/h2-4,6-7,10-11H,5,8-9H2,1H3,(H,18,20)(H,19,21). The van der Waals surface area contributed by atoms with Crippen molar-refractivity contribution in [1.29, 1.82) is 0 Å². The maximum Gasteiger partial charge on any atom is 0.255 e. The van der Waals surface area contributed by atoms with Crippen LogP contribution in [0.4, 0.5) is 10.2 Å². The summed E-state index contributed by atoms with van der Waals surface area (Å²) in [6, 6.07) is 11.2. The summed E-state index contributed by atoms with van der Waals surface area (Å²) < 4.78 is 13.2. The van der Waals surface area contributed by atoms with Crippen molar-refractivity contribution in [2.24, 2.45) is 0 Å². The monoisotopic (exact) mass is 287 g/mol. The average Bonchev–Trinajstić information content (AvgIpc) is 2.52. The molecule has 0 fully saturated rings.